The summed E-state index contributed by atoms with van der Waals surface area (Å²) in [6.07, 6.45) is 0.372. The van der Waals surface area contributed by atoms with Crippen LogP contribution < -0.4 is 10.1 Å². The number of ether oxygens (including phenoxy) is 2. The molecule has 0 aliphatic heterocycles. The Labute approximate surface area is 145 Å². The molecule has 0 saturated carbocycles. The number of para-hydroxylation sites is 2. The molecular weight excluding hydrogens is 330 g/mol. The molecule has 0 spiro atoms. The lowest BCUT2D eigenvalue weighted by Gasteiger charge is -2.12. The summed E-state index contributed by atoms with van der Waals surface area (Å²) >= 11 is 5.83. The van der Waals surface area contributed by atoms with Gasteiger partial charge in [0.25, 0.3) is 0 Å². The lowest BCUT2D eigenvalue weighted by Crippen LogP contribution is -2.15. The Kier molecular flexibility index (Phi) is 6.63. The number of benzene rings is 2. The zero-order valence-corrected chi connectivity index (χ0v) is 14.0. The second kappa shape index (κ2) is 8.93. The smallest absolute Gasteiger partial charge is 0.308 e. The number of methoxy groups -OCH3 is 1. The average Bonchev–Trinajstić information content (AvgIpc) is 2.58. The molecule has 2 rings (SSSR count). The average molecular weight is 348 g/mol. The van der Waals surface area contributed by atoms with Crippen LogP contribution >= 0.6 is 11.6 Å². The van der Waals surface area contributed by atoms with Crippen molar-refractivity contribution in [2.75, 3.05) is 19.0 Å². The van der Waals surface area contributed by atoms with Crippen LogP contribution in [-0.2, 0) is 20.7 Å². The highest BCUT2D eigenvalue weighted by Crippen LogP contribution is 2.24. The van der Waals surface area contributed by atoms with Crippen molar-refractivity contribution in [1.82, 2.24) is 0 Å². The van der Waals surface area contributed by atoms with Crippen molar-refractivity contribution in [2.24, 2.45) is 0 Å². The second-order valence-corrected chi connectivity index (χ2v) is 5.46. The Morgan fingerprint density at radius 1 is 1.08 bits per heavy atom. The lowest BCUT2D eigenvalue weighted by atomic mass is 10.1. The normalized spacial score (nSPS) is 10.1. The molecule has 2 aromatic rings. The molecule has 1 amide bonds. The number of hydrogen-bond acceptors (Lipinski definition) is 4. The Balaban J connectivity index is 1.94. The van der Waals surface area contributed by atoms with Crippen molar-refractivity contribution in [1.29, 1.82) is 0 Å². The van der Waals surface area contributed by atoms with E-state index >= 15 is 0 Å². The maximum absolute atomic E-state index is 12.2. The van der Waals surface area contributed by atoms with Crippen LogP contribution in [0.25, 0.3) is 0 Å². The Hall–Kier alpha value is -2.53. The quantitative estimate of drug-likeness (QED) is 0.779. The third-order valence-electron chi connectivity index (χ3n) is 3.23. The summed E-state index contributed by atoms with van der Waals surface area (Å²) in [6.45, 7) is 0.177. The number of esters is 1. The molecule has 0 saturated heterocycles. The number of anilines is 1. The van der Waals surface area contributed by atoms with Gasteiger partial charge < -0.3 is 14.8 Å². The fraction of sp³-hybridized carbons (Fsp3) is 0.222. The molecule has 0 aliphatic carbocycles. The molecule has 1 N–H and O–H groups in total. The zero-order chi connectivity index (χ0) is 17.4. The highest BCUT2D eigenvalue weighted by atomic mass is 35.5. The van der Waals surface area contributed by atoms with Crippen LogP contribution in [0.1, 0.15) is 12.0 Å². The van der Waals surface area contributed by atoms with Crippen molar-refractivity contribution >= 4 is 29.2 Å². The van der Waals surface area contributed by atoms with Gasteiger partial charge >= 0.3 is 5.97 Å². The minimum absolute atomic E-state index is 0.142. The van der Waals surface area contributed by atoms with Crippen molar-refractivity contribution < 1.29 is 19.1 Å². The van der Waals surface area contributed by atoms with Crippen LogP contribution in [0.3, 0.4) is 0 Å². The molecule has 0 radical (unpaired) electrons. The number of amides is 1. The first-order chi connectivity index (χ1) is 11.6. The summed E-state index contributed by atoms with van der Waals surface area (Å²) in [7, 11) is 1.33. The Morgan fingerprint density at radius 3 is 2.50 bits per heavy atom. The monoisotopic (exact) mass is 347 g/mol. The number of carbonyl (C=O) groups excluding carboxylic acids is 2. The van der Waals surface area contributed by atoms with Crippen LogP contribution in [0.5, 0.6) is 5.75 Å². The molecular formula is C18H18ClNO4. The van der Waals surface area contributed by atoms with E-state index in [-0.39, 0.29) is 31.3 Å². The summed E-state index contributed by atoms with van der Waals surface area (Å²) in [5, 5.41) is 3.44. The minimum Gasteiger partial charge on any atom is -0.491 e. The van der Waals surface area contributed by atoms with Gasteiger partial charge in [-0.15, -0.1) is 0 Å². The SMILES string of the molecule is COC(=O)CCOc1ccccc1NC(=O)Cc1ccc(Cl)cc1. The molecule has 0 aromatic heterocycles. The summed E-state index contributed by atoms with van der Waals surface area (Å²) < 4.78 is 10.1. The molecule has 0 bridgehead atoms. The lowest BCUT2D eigenvalue weighted by molar-refractivity contribution is -0.141. The van der Waals surface area contributed by atoms with Gasteiger partial charge in [0.05, 0.1) is 32.2 Å². The first-order valence-electron chi connectivity index (χ1n) is 7.41. The molecule has 5 nitrogen and oxygen atoms in total. The minimum atomic E-state index is -0.348. The van der Waals surface area contributed by atoms with Gasteiger partial charge in [0, 0.05) is 5.02 Å². The number of rotatable bonds is 7. The standard InChI is InChI=1S/C18H18ClNO4/c1-23-18(22)10-11-24-16-5-3-2-4-15(16)20-17(21)12-13-6-8-14(19)9-7-13/h2-9H,10-12H2,1H3,(H,20,21). The highest BCUT2D eigenvalue weighted by Gasteiger charge is 2.09. The van der Waals surface area contributed by atoms with E-state index in [9.17, 15) is 9.59 Å². The van der Waals surface area contributed by atoms with Gasteiger partial charge in [-0.1, -0.05) is 35.9 Å². The molecule has 0 aliphatic rings. The predicted octanol–water partition coefficient (Wildman–Crippen LogP) is 3.46. The number of carbonyl (C=O) groups is 2. The van der Waals surface area contributed by atoms with Gasteiger partial charge in [0.1, 0.15) is 5.75 Å². The molecule has 6 heteroatoms. The second-order valence-electron chi connectivity index (χ2n) is 5.02. The van der Waals surface area contributed by atoms with Crippen LogP contribution in [0, 0.1) is 0 Å². The van der Waals surface area contributed by atoms with E-state index in [4.69, 9.17) is 16.3 Å². The van der Waals surface area contributed by atoms with Crippen LogP contribution in [-0.4, -0.2) is 25.6 Å². The number of nitrogens with one attached hydrogen (secondary N) is 1. The molecule has 0 fully saturated rings. The van der Waals surface area contributed by atoms with Crippen molar-refractivity contribution in [3.63, 3.8) is 0 Å². The van der Waals surface area contributed by atoms with Crippen LogP contribution in [0.4, 0.5) is 5.69 Å². The molecule has 2 aromatic carbocycles. The predicted molar refractivity (Wildman–Crippen MR) is 92.4 cm³/mol. The largest absolute Gasteiger partial charge is 0.491 e. The van der Waals surface area contributed by atoms with E-state index in [0.717, 1.165) is 5.56 Å². The third kappa shape index (κ3) is 5.59. The zero-order valence-electron chi connectivity index (χ0n) is 13.3. The molecule has 126 valence electrons. The van der Waals surface area contributed by atoms with Crippen molar-refractivity contribution in [2.45, 2.75) is 12.8 Å². The first-order valence-corrected chi connectivity index (χ1v) is 7.79. The fourth-order valence-corrected chi connectivity index (χ4v) is 2.15. The van der Waals surface area contributed by atoms with Crippen molar-refractivity contribution in [3.05, 3.63) is 59.1 Å². The highest BCUT2D eigenvalue weighted by molar-refractivity contribution is 6.30. The molecule has 0 atom stereocenters. The number of hydrogen-bond donors (Lipinski definition) is 1. The van der Waals surface area contributed by atoms with Gasteiger partial charge in [-0.2, -0.15) is 0 Å². The van der Waals surface area contributed by atoms with Gasteiger partial charge in [0.15, 0.2) is 0 Å². The van der Waals surface area contributed by atoms with Crippen molar-refractivity contribution in [3.8, 4) is 5.75 Å². The van der Waals surface area contributed by atoms with E-state index in [1.165, 1.54) is 7.11 Å². The maximum Gasteiger partial charge on any atom is 0.308 e. The van der Waals surface area contributed by atoms with Crippen LogP contribution in [0.15, 0.2) is 48.5 Å². The summed E-state index contributed by atoms with van der Waals surface area (Å²) in [4.78, 5) is 23.3. The van der Waals surface area contributed by atoms with Crippen LogP contribution in [0.2, 0.25) is 5.02 Å². The summed E-state index contributed by atoms with van der Waals surface area (Å²) in [5.41, 5.74) is 1.42. The van der Waals surface area contributed by atoms with Gasteiger partial charge in [-0.25, -0.2) is 0 Å². The van der Waals surface area contributed by atoms with Gasteiger partial charge in [-0.3, -0.25) is 9.59 Å². The fourth-order valence-electron chi connectivity index (χ4n) is 2.02. The van der Waals surface area contributed by atoms with E-state index in [1.54, 1.807) is 48.5 Å². The summed E-state index contributed by atoms with van der Waals surface area (Å²) in [6, 6.07) is 14.2. The molecule has 0 heterocycles. The van der Waals surface area contributed by atoms with E-state index in [2.05, 4.69) is 10.1 Å². The topological polar surface area (TPSA) is 64.6 Å². The van der Waals surface area contributed by atoms with E-state index < -0.39 is 0 Å². The van der Waals surface area contributed by atoms with Gasteiger partial charge in [0.2, 0.25) is 5.91 Å². The molecule has 24 heavy (non-hydrogen) atoms. The maximum atomic E-state index is 12.2. The van der Waals surface area contributed by atoms with E-state index in [0.29, 0.717) is 16.5 Å². The molecule has 0 unspecified atom stereocenters. The Morgan fingerprint density at radius 2 is 1.79 bits per heavy atom. The third-order valence-corrected chi connectivity index (χ3v) is 3.48. The summed E-state index contributed by atoms with van der Waals surface area (Å²) in [5.74, 6) is -0.00791. The first kappa shape index (κ1) is 17.8. The Bertz CT molecular complexity index is 700. The van der Waals surface area contributed by atoms with E-state index in [1.807, 2.05) is 0 Å². The van der Waals surface area contributed by atoms with Gasteiger partial charge in [-0.05, 0) is 29.8 Å². The number of halogens is 1.